The molecular weight excluding hydrogens is 338 g/mol. The number of ether oxygens (including phenoxy) is 1. The van der Waals surface area contributed by atoms with Crippen LogP contribution in [-0.4, -0.2) is 36.2 Å². The summed E-state index contributed by atoms with van der Waals surface area (Å²) in [6.07, 6.45) is 4.98. The molecule has 1 N–H and O–H groups in total. The van der Waals surface area contributed by atoms with Gasteiger partial charge in [-0.25, -0.2) is 0 Å². The summed E-state index contributed by atoms with van der Waals surface area (Å²) >= 11 is 0. The molecule has 2 aromatic carbocycles. The van der Waals surface area contributed by atoms with Gasteiger partial charge in [-0.3, -0.25) is 4.79 Å². The largest absolute Gasteiger partial charge is 0.491 e. The number of aliphatic hydroxyl groups excluding tert-OH is 1. The fourth-order valence-corrected chi connectivity index (χ4v) is 3.16. The Morgan fingerprint density at radius 1 is 1.07 bits per heavy atom. The van der Waals surface area contributed by atoms with E-state index in [0.29, 0.717) is 5.56 Å². The number of aliphatic hydroxyl groups is 1. The molecule has 0 aromatic heterocycles. The zero-order valence-corrected chi connectivity index (χ0v) is 16.0. The van der Waals surface area contributed by atoms with Crippen LogP contribution in [0, 0.1) is 0 Å². The summed E-state index contributed by atoms with van der Waals surface area (Å²) < 4.78 is 5.62. The molecule has 4 nitrogen and oxygen atoms in total. The van der Waals surface area contributed by atoms with E-state index in [0.717, 1.165) is 42.9 Å². The van der Waals surface area contributed by atoms with E-state index in [4.69, 9.17) is 4.74 Å². The van der Waals surface area contributed by atoms with E-state index in [1.165, 1.54) is 0 Å². The van der Waals surface area contributed by atoms with Crippen LogP contribution in [0.4, 0.5) is 5.69 Å². The summed E-state index contributed by atoms with van der Waals surface area (Å²) in [5.74, 6) is 0.812. The quantitative estimate of drug-likeness (QED) is 0.611. The lowest BCUT2D eigenvalue weighted by molar-refractivity contribution is 0.104. The van der Waals surface area contributed by atoms with Crippen LogP contribution in [-0.2, 0) is 0 Å². The van der Waals surface area contributed by atoms with Crippen LogP contribution in [0.2, 0.25) is 0 Å². The number of hydrogen-bond acceptors (Lipinski definition) is 4. The fourth-order valence-electron chi connectivity index (χ4n) is 3.16. The molecule has 0 unspecified atom stereocenters. The average molecular weight is 365 g/mol. The third-order valence-corrected chi connectivity index (χ3v) is 4.66. The molecule has 0 radical (unpaired) electrons. The monoisotopic (exact) mass is 365 g/mol. The molecule has 1 aliphatic rings. The van der Waals surface area contributed by atoms with Crippen molar-refractivity contribution in [3.8, 4) is 5.75 Å². The first-order valence-corrected chi connectivity index (χ1v) is 9.53. The van der Waals surface area contributed by atoms with Crippen molar-refractivity contribution < 1.29 is 14.6 Å². The van der Waals surface area contributed by atoms with Crippen molar-refractivity contribution in [3.05, 3.63) is 65.7 Å². The van der Waals surface area contributed by atoms with Crippen LogP contribution in [0.1, 0.15) is 42.6 Å². The molecule has 0 spiro atoms. The van der Waals surface area contributed by atoms with Gasteiger partial charge in [-0.15, -0.1) is 0 Å². The van der Waals surface area contributed by atoms with Gasteiger partial charge in [0.05, 0.1) is 12.2 Å². The van der Waals surface area contributed by atoms with E-state index in [9.17, 15) is 9.90 Å². The number of carbonyl (C=O) groups is 1. The molecular formula is C23H27NO3. The van der Waals surface area contributed by atoms with Crippen molar-refractivity contribution >= 4 is 17.5 Å². The first-order chi connectivity index (χ1) is 13.0. The number of allylic oxidation sites excluding steroid dienone is 1. The Balaban J connectivity index is 1.59. The van der Waals surface area contributed by atoms with Gasteiger partial charge in [0, 0.05) is 24.3 Å². The van der Waals surface area contributed by atoms with Gasteiger partial charge in [-0.1, -0.05) is 18.2 Å². The predicted molar refractivity (Wildman–Crippen MR) is 109 cm³/mol. The third-order valence-electron chi connectivity index (χ3n) is 4.66. The maximum atomic E-state index is 12.4. The lowest BCUT2D eigenvalue weighted by atomic mass is 10.1. The Kier molecular flexibility index (Phi) is 6.30. The van der Waals surface area contributed by atoms with E-state index in [1.807, 2.05) is 68.5 Å². The lowest BCUT2D eigenvalue weighted by Crippen LogP contribution is -2.35. The van der Waals surface area contributed by atoms with Gasteiger partial charge in [0.2, 0.25) is 0 Å². The summed E-state index contributed by atoms with van der Waals surface area (Å²) in [7, 11) is 0. The van der Waals surface area contributed by atoms with Crippen molar-refractivity contribution in [3.63, 3.8) is 0 Å². The summed E-state index contributed by atoms with van der Waals surface area (Å²) in [6.45, 7) is 5.69. The zero-order valence-electron chi connectivity index (χ0n) is 16.0. The highest BCUT2D eigenvalue weighted by atomic mass is 16.5. The van der Waals surface area contributed by atoms with E-state index < -0.39 is 0 Å². The van der Waals surface area contributed by atoms with Crippen molar-refractivity contribution in [2.24, 2.45) is 0 Å². The fraction of sp³-hybridized carbons (Fsp3) is 0.348. The molecule has 2 aromatic rings. The minimum atomic E-state index is -0.182. The summed E-state index contributed by atoms with van der Waals surface area (Å²) in [4.78, 5) is 14.7. The highest BCUT2D eigenvalue weighted by Gasteiger charge is 2.17. The Bertz CT molecular complexity index is 770. The van der Waals surface area contributed by atoms with Crippen LogP contribution in [0.3, 0.4) is 0 Å². The minimum Gasteiger partial charge on any atom is -0.491 e. The molecule has 0 aliphatic carbocycles. The molecule has 1 heterocycles. The third kappa shape index (κ3) is 5.44. The molecule has 3 rings (SSSR count). The average Bonchev–Trinajstić information content (AvgIpc) is 2.67. The minimum absolute atomic E-state index is 0.0156. The topological polar surface area (TPSA) is 49.8 Å². The van der Waals surface area contributed by atoms with E-state index in [-0.39, 0.29) is 18.0 Å². The molecule has 0 bridgehead atoms. The second-order valence-electron chi connectivity index (χ2n) is 7.20. The van der Waals surface area contributed by atoms with Gasteiger partial charge in [0.25, 0.3) is 0 Å². The van der Waals surface area contributed by atoms with Crippen molar-refractivity contribution in [2.45, 2.75) is 38.9 Å². The standard InChI is InChI=1S/C23H27NO3/c1-17(2)27-22-10-3-18(4-11-22)5-12-23(26)19-6-8-20(9-7-19)24-15-13-21(25)14-16-24/h3-12,17,21,25H,13-16H2,1-2H3. The smallest absolute Gasteiger partial charge is 0.185 e. The van der Waals surface area contributed by atoms with E-state index >= 15 is 0 Å². The van der Waals surface area contributed by atoms with Gasteiger partial charge in [-0.05, 0) is 74.7 Å². The number of carbonyl (C=O) groups excluding carboxylic acids is 1. The number of benzene rings is 2. The second-order valence-corrected chi connectivity index (χ2v) is 7.20. The Morgan fingerprint density at radius 2 is 1.70 bits per heavy atom. The highest BCUT2D eigenvalue weighted by molar-refractivity contribution is 6.07. The number of hydrogen-bond donors (Lipinski definition) is 1. The molecule has 1 aliphatic heterocycles. The Morgan fingerprint density at radius 3 is 2.30 bits per heavy atom. The summed E-state index contributed by atoms with van der Waals surface area (Å²) in [5.41, 5.74) is 2.73. The van der Waals surface area contributed by atoms with Gasteiger partial charge in [0.1, 0.15) is 5.75 Å². The first-order valence-electron chi connectivity index (χ1n) is 9.53. The van der Waals surface area contributed by atoms with Crippen molar-refractivity contribution in [2.75, 3.05) is 18.0 Å². The highest BCUT2D eigenvalue weighted by Crippen LogP contribution is 2.21. The zero-order chi connectivity index (χ0) is 19.2. The number of nitrogens with zero attached hydrogens (tertiary/aromatic N) is 1. The molecule has 4 heteroatoms. The molecule has 142 valence electrons. The molecule has 1 fully saturated rings. The number of ketones is 1. The molecule has 1 saturated heterocycles. The second kappa shape index (κ2) is 8.87. The lowest BCUT2D eigenvalue weighted by Gasteiger charge is -2.31. The van der Waals surface area contributed by atoms with Crippen LogP contribution in [0.25, 0.3) is 6.08 Å². The van der Waals surface area contributed by atoms with Gasteiger partial charge >= 0.3 is 0 Å². The molecule has 0 amide bonds. The van der Waals surface area contributed by atoms with Gasteiger partial charge in [-0.2, -0.15) is 0 Å². The molecule has 0 atom stereocenters. The molecule has 27 heavy (non-hydrogen) atoms. The number of piperidine rings is 1. The Hall–Kier alpha value is -2.59. The van der Waals surface area contributed by atoms with E-state index in [2.05, 4.69) is 4.90 Å². The Labute approximate surface area is 161 Å². The number of rotatable bonds is 6. The van der Waals surface area contributed by atoms with Crippen LogP contribution >= 0.6 is 0 Å². The maximum Gasteiger partial charge on any atom is 0.185 e. The van der Waals surface area contributed by atoms with Crippen LogP contribution in [0.5, 0.6) is 5.75 Å². The van der Waals surface area contributed by atoms with Crippen molar-refractivity contribution in [1.82, 2.24) is 0 Å². The first kappa shape index (κ1) is 19.2. The number of anilines is 1. The normalized spacial score (nSPS) is 15.5. The van der Waals surface area contributed by atoms with Crippen LogP contribution in [0.15, 0.2) is 54.6 Å². The van der Waals surface area contributed by atoms with Crippen LogP contribution < -0.4 is 9.64 Å². The molecule has 0 saturated carbocycles. The summed E-state index contributed by atoms with van der Waals surface area (Å²) in [5, 5.41) is 9.61. The van der Waals surface area contributed by atoms with E-state index in [1.54, 1.807) is 6.08 Å². The SMILES string of the molecule is CC(C)Oc1ccc(C=CC(=O)c2ccc(N3CCC(O)CC3)cc2)cc1. The summed E-state index contributed by atoms with van der Waals surface area (Å²) in [6, 6.07) is 15.4. The maximum absolute atomic E-state index is 12.4. The van der Waals surface area contributed by atoms with Crippen molar-refractivity contribution in [1.29, 1.82) is 0 Å². The van der Waals surface area contributed by atoms with Gasteiger partial charge < -0.3 is 14.7 Å². The predicted octanol–water partition coefficient (Wildman–Crippen LogP) is 4.33. The van der Waals surface area contributed by atoms with Gasteiger partial charge in [0.15, 0.2) is 5.78 Å².